The number of hydrogen-bond acceptors (Lipinski definition) is 8. The molecule has 1 unspecified atom stereocenters. The molecule has 0 radical (unpaired) electrons. The van der Waals surface area contributed by atoms with Gasteiger partial charge in [0.25, 0.3) is 0 Å². The van der Waals surface area contributed by atoms with Crippen LogP contribution in [0.4, 0.5) is 0 Å². The minimum Gasteiger partial charge on any atom is -0.463 e. The minimum absolute atomic E-state index is 0.287. The van der Waals surface area contributed by atoms with Crippen molar-refractivity contribution in [1.29, 1.82) is 0 Å². The molecule has 8 nitrogen and oxygen atoms in total. The lowest BCUT2D eigenvalue weighted by Gasteiger charge is -2.32. The van der Waals surface area contributed by atoms with Crippen molar-refractivity contribution in [2.75, 3.05) is 19.6 Å². The number of carbonyl (C=O) groups is 1. The second-order valence-corrected chi connectivity index (χ2v) is 9.80. The topological polar surface area (TPSA) is 86.0 Å². The third-order valence-corrected chi connectivity index (χ3v) is 6.55. The molecule has 3 heterocycles. The van der Waals surface area contributed by atoms with E-state index in [0.29, 0.717) is 18.2 Å². The monoisotopic (exact) mass is 440 g/mol. The van der Waals surface area contributed by atoms with Crippen LogP contribution in [0.25, 0.3) is 0 Å². The number of piperidine rings is 1. The van der Waals surface area contributed by atoms with Crippen molar-refractivity contribution < 1.29 is 9.53 Å². The number of nitrogens with zero attached hydrogens (tertiary/aromatic N) is 6. The Labute approximate surface area is 186 Å². The van der Waals surface area contributed by atoms with Crippen LogP contribution in [0.2, 0.25) is 0 Å². The van der Waals surface area contributed by atoms with E-state index in [0.717, 1.165) is 42.4 Å². The Balaban J connectivity index is 1.43. The summed E-state index contributed by atoms with van der Waals surface area (Å²) in [6.07, 6.45) is 3.02. The van der Waals surface area contributed by atoms with E-state index in [9.17, 15) is 4.79 Å². The van der Waals surface area contributed by atoms with Gasteiger partial charge in [0.05, 0.1) is 11.6 Å². The summed E-state index contributed by atoms with van der Waals surface area (Å²) < 4.78 is 7.73. The Morgan fingerprint density at radius 2 is 1.97 bits per heavy atom. The summed E-state index contributed by atoms with van der Waals surface area (Å²) in [5.41, 5.74) is 0.506. The number of rotatable bonds is 7. The molecule has 164 valence electrons. The van der Waals surface area contributed by atoms with E-state index in [-0.39, 0.29) is 5.41 Å². The molecular formula is C22H28N6O2S. The van der Waals surface area contributed by atoms with Crippen molar-refractivity contribution in [2.24, 2.45) is 5.41 Å². The zero-order chi connectivity index (χ0) is 21.8. The summed E-state index contributed by atoms with van der Waals surface area (Å²) in [5, 5.41) is 14.7. The van der Waals surface area contributed by atoms with Crippen molar-refractivity contribution in [3.05, 3.63) is 52.7 Å². The maximum Gasteiger partial charge on any atom is 0.238 e. The number of tetrazole rings is 1. The van der Waals surface area contributed by atoms with Crippen LogP contribution in [-0.2, 0) is 4.79 Å². The fourth-order valence-corrected chi connectivity index (χ4v) is 4.53. The van der Waals surface area contributed by atoms with Gasteiger partial charge in [-0.15, -0.1) is 16.4 Å². The Morgan fingerprint density at radius 1 is 1.23 bits per heavy atom. The summed E-state index contributed by atoms with van der Waals surface area (Å²) in [7, 11) is 0. The highest BCUT2D eigenvalue weighted by molar-refractivity contribution is 7.09. The Hall–Kier alpha value is -2.65. The van der Waals surface area contributed by atoms with Crippen LogP contribution in [0, 0.1) is 5.41 Å². The normalized spacial score (nSPS) is 16.9. The van der Waals surface area contributed by atoms with Crippen LogP contribution in [-0.4, -0.2) is 55.5 Å². The van der Waals surface area contributed by atoms with Gasteiger partial charge in [0.15, 0.2) is 5.78 Å². The third kappa shape index (κ3) is 5.34. The van der Waals surface area contributed by atoms with Gasteiger partial charge in [-0.25, -0.2) is 4.98 Å². The first-order chi connectivity index (χ1) is 14.9. The highest BCUT2D eigenvalue weighted by Crippen LogP contribution is 2.33. The molecule has 1 saturated heterocycles. The molecule has 9 heteroatoms. The maximum absolute atomic E-state index is 12.3. The van der Waals surface area contributed by atoms with Crippen LogP contribution in [0.1, 0.15) is 56.5 Å². The van der Waals surface area contributed by atoms with Gasteiger partial charge >= 0.3 is 0 Å². The zero-order valence-electron chi connectivity index (χ0n) is 18.1. The SMILES string of the molecule is CC(C)(C)C(=O)CN1CCC(c2nc(C(Oc3ccccc3)n3cnnn3)cs2)CC1. The predicted octanol–water partition coefficient (Wildman–Crippen LogP) is 3.55. The summed E-state index contributed by atoms with van der Waals surface area (Å²) in [5.74, 6) is 1.42. The van der Waals surface area contributed by atoms with Crippen LogP contribution in [0.5, 0.6) is 5.75 Å². The standard InChI is InChI=1S/C22H28N6O2S/c1-22(2,3)19(29)13-27-11-9-16(10-12-27)20-24-18(14-31-20)21(28-15-23-25-26-28)30-17-7-5-4-6-8-17/h4-8,14-16,21H,9-13H2,1-3H3. The van der Waals surface area contributed by atoms with Gasteiger partial charge in [0.2, 0.25) is 6.23 Å². The van der Waals surface area contributed by atoms with E-state index in [1.165, 1.54) is 6.33 Å². The molecule has 31 heavy (non-hydrogen) atoms. The highest BCUT2D eigenvalue weighted by atomic mass is 32.1. The Kier molecular flexibility index (Phi) is 6.43. The van der Waals surface area contributed by atoms with E-state index < -0.39 is 6.23 Å². The van der Waals surface area contributed by atoms with E-state index in [1.807, 2.05) is 56.5 Å². The molecule has 1 aliphatic heterocycles. The number of thiazole rings is 1. The van der Waals surface area contributed by atoms with E-state index in [1.54, 1.807) is 16.0 Å². The first-order valence-electron chi connectivity index (χ1n) is 10.6. The summed E-state index contributed by atoms with van der Waals surface area (Å²) in [6.45, 7) is 8.32. The lowest BCUT2D eigenvalue weighted by atomic mass is 9.89. The van der Waals surface area contributed by atoms with Crippen molar-refractivity contribution in [1.82, 2.24) is 30.1 Å². The molecule has 0 bridgehead atoms. The van der Waals surface area contributed by atoms with Gasteiger partial charge < -0.3 is 4.74 Å². The minimum atomic E-state index is -0.521. The number of hydrogen-bond donors (Lipinski definition) is 0. The zero-order valence-corrected chi connectivity index (χ0v) is 19.0. The van der Waals surface area contributed by atoms with Crippen molar-refractivity contribution >= 4 is 17.1 Å². The smallest absolute Gasteiger partial charge is 0.238 e. The quantitative estimate of drug-likeness (QED) is 0.555. The lowest BCUT2D eigenvalue weighted by Crippen LogP contribution is -2.40. The van der Waals surface area contributed by atoms with Gasteiger partial charge in [-0.05, 0) is 48.5 Å². The summed E-state index contributed by atoms with van der Waals surface area (Å²) >= 11 is 1.65. The van der Waals surface area contributed by atoms with Crippen LogP contribution < -0.4 is 4.74 Å². The van der Waals surface area contributed by atoms with Crippen molar-refractivity contribution in [2.45, 2.75) is 45.8 Å². The van der Waals surface area contributed by atoms with Gasteiger partial charge in [0, 0.05) is 16.7 Å². The number of aromatic nitrogens is 5. The summed E-state index contributed by atoms with van der Waals surface area (Å²) in [6, 6.07) is 9.60. The molecular weight excluding hydrogens is 412 g/mol. The molecule has 3 aromatic rings. The van der Waals surface area contributed by atoms with Crippen LogP contribution in [0.3, 0.4) is 0 Å². The Bertz CT molecular complexity index is 975. The van der Waals surface area contributed by atoms with Crippen LogP contribution >= 0.6 is 11.3 Å². The number of likely N-dealkylation sites (tertiary alicyclic amines) is 1. The molecule has 0 amide bonds. The second-order valence-electron chi connectivity index (χ2n) is 8.91. The number of Topliss-reactive ketones (excluding diaryl/α,β-unsaturated/α-hetero) is 1. The molecule has 4 rings (SSSR count). The summed E-state index contributed by atoms with van der Waals surface area (Å²) in [4.78, 5) is 19.5. The predicted molar refractivity (Wildman–Crippen MR) is 118 cm³/mol. The number of carbonyl (C=O) groups excluding carboxylic acids is 1. The lowest BCUT2D eigenvalue weighted by molar-refractivity contribution is -0.127. The van der Waals surface area contributed by atoms with Crippen LogP contribution in [0.15, 0.2) is 42.0 Å². The maximum atomic E-state index is 12.3. The Morgan fingerprint density at radius 3 is 2.61 bits per heavy atom. The molecule has 0 N–H and O–H groups in total. The van der Waals surface area contributed by atoms with Gasteiger partial charge in [-0.1, -0.05) is 39.0 Å². The second kappa shape index (κ2) is 9.23. The molecule has 0 aliphatic carbocycles. The first kappa shape index (κ1) is 21.6. The van der Waals surface area contributed by atoms with Gasteiger partial charge in [-0.2, -0.15) is 4.68 Å². The third-order valence-electron chi connectivity index (χ3n) is 5.53. The molecule has 1 aliphatic rings. The average molecular weight is 441 g/mol. The number of para-hydroxylation sites is 1. The average Bonchev–Trinajstić information content (AvgIpc) is 3.45. The fraction of sp³-hybridized carbons (Fsp3) is 0.500. The number of benzene rings is 1. The number of ether oxygens (including phenoxy) is 1. The first-order valence-corrected chi connectivity index (χ1v) is 11.4. The van der Waals surface area contributed by atoms with Crippen molar-refractivity contribution in [3.63, 3.8) is 0 Å². The molecule has 1 atom stereocenters. The largest absolute Gasteiger partial charge is 0.463 e. The molecule has 1 aromatic carbocycles. The van der Waals surface area contributed by atoms with Gasteiger partial charge in [-0.3, -0.25) is 9.69 Å². The fourth-order valence-electron chi connectivity index (χ4n) is 3.53. The molecule has 0 saturated carbocycles. The highest BCUT2D eigenvalue weighted by Gasteiger charge is 2.29. The molecule has 1 fully saturated rings. The number of ketones is 1. The molecule has 2 aromatic heterocycles. The van der Waals surface area contributed by atoms with E-state index in [4.69, 9.17) is 9.72 Å². The van der Waals surface area contributed by atoms with Crippen molar-refractivity contribution in [3.8, 4) is 5.75 Å². The van der Waals surface area contributed by atoms with E-state index in [2.05, 4.69) is 20.4 Å². The van der Waals surface area contributed by atoms with Gasteiger partial charge in [0.1, 0.15) is 17.8 Å². The molecule has 0 spiro atoms. The van der Waals surface area contributed by atoms with E-state index >= 15 is 0 Å².